The molecule has 0 bridgehead atoms. The molecule has 0 spiro atoms. The van der Waals surface area contributed by atoms with E-state index in [-0.39, 0.29) is 23.0 Å². The molecule has 0 fully saturated rings. The first-order valence-electron chi connectivity index (χ1n) is 5.54. The van der Waals surface area contributed by atoms with Crippen molar-refractivity contribution in [3.8, 4) is 0 Å². The number of hydrogen-bond donors (Lipinski definition) is 2. The lowest BCUT2D eigenvalue weighted by atomic mass is 10.1. The molecule has 0 atom stereocenters. The number of halogens is 2. The summed E-state index contributed by atoms with van der Waals surface area (Å²) in [6, 6.07) is 2.09. The van der Waals surface area contributed by atoms with Gasteiger partial charge in [0.25, 0.3) is 0 Å². The van der Waals surface area contributed by atoms with E-state index >= 15 is 0 Å². The van der Waals surface area contributed by atoms with Crippen LogP contribution < -0.4 is 10.6 Å². The molecule has 6 heteroatoms. The minimum atomic E-state index is -0.736. The fraction of sp³-hybridized carbons (Fsp3) is 0.417. The van der Waals surface area contributed by atoms with Crippen LogP contribution in [0, 0.1) is 17.6 Å². The van der Waals surface area contributed by atoms with E-state index in [9.17, 15) is 8.78 Å². The molecular formula is C12H17F2N3O. The molecule has 0 aliphatic carbocycles. The average Bonchev–Trinajstić information content (AvgIpc) is 2.25. The Morgan fingerprint density at radius 3 is 2.28 bits per heavy atom. The minimum absolute atomic E-state index is 0.00852. The Balaban J connectivity index is 3.16. The highest BCUT2D eigenvalue weighted by molar-refractivity contribution is 5.97. The summed E-state index contributed by atoms with van der Waals surface area (Å²) in [6.45, 7) is 4.44. The van der Waals surface area contributed by atoms with Crippen LogP contribution in [0.2, 0.25) is 0 Å². The lowest BCUT2D eigenvalue weighted by Crippen LogP contribution is -2.25. The highest BCUT2D eigenvalue weighted by Crippen LogP contribution is 2.24. The molecular weight excluding hydrogens is 240 g/mol. The van der Waals surface area contributed by atoms with E-state index in [2.05, 4.69) is 5.16 Å². The highest BCUT2D eigenvalue weighted by Gasteiger charge is 2.17. The Morgan fingerprint density at radius 1 is 1.39 bits per heavy atom. The third-order valence-electron chi connectivity index (χ3n) is 2.44. The molecule has 0 unspecified atom stereocenters. The van der Waals surface area contributed by atoms with Crippen molar-refractivity contribution in [3.05, 3.63) is 29.3 Å². The normalized spacial score (nSPS) is 12.0. The Bertz CT molecular complexity index is 438. The standard InChI is InChI=1S/C12H17F2N3O/c1-7(2)6-17(3)11-9(13)4-8(5-10(11)14)12(15)16-18/h4-5,7,18H,6H2,1-3H3,(H2,15,16). The predicted molar refractivity (Wildman–Crippen MR) is 67.0 cm³/mol. The molecule has 0 aliphatic heterocycles. The van der Waals surface area contributed by atoms with Gasteiger partial charge < -0.3 is 15.8 Å². The molecule has 18 heavy (non-hydrogen) atoms. The van der Waals surface area contributed by atoms with Crippen LogP contribution in [-0.2, 0) is 0 Å². The molecule has 0 saturated carbocycles. The molecule has 0 amide bonds. The van der Waals surface area contributed by atoms with Crippen molar-refractivity contribution >= 4 is 11.5 Å². The van der Waals surface area contributed by atoms with Crippen molar-refractivity contribution in [1.29, 1.82) is 0 Å². The molecule has 0 heterocycles. The largest absolute Gasteiger partial charge is 0.409 e. The predicted octanol–water partition coefficient (Wildman–Crippen LogP) is 2.15. The van der Waals surface area contributed by atoms with Crippen LogP contribution in [0.5, 0.6) is 0 Å². The number of amidine groups is 1. The molecule has 3 N–H and O–H groups in total. The third kappa shape index (κ3) is 3.09. The summed E-state index contributed by atoms with van der Waals surface area (Å²) >= 11 is 0. The van der Waals surface area contributed by atoms with Gasteiger partial charge in [0.05, 0.1) is 0 Å². The van der Waals surface area contributed by atoms with Gasteiger partial charge in [0.1, 0.15) is 17.3 Å². The quantitative estimate of drug-likeness (QED) is 0.376. The number of nitrogens with zero attached hydrogens (tertiary/aromatic N) is 2. The second kappa shape index (κ2) is 5.66. The van der Waals surface area contributed by atoms with Gasteiger partial charge in [-0.3, -0.25) is 0 Å². The first-order chi connectivity index (χ1) is 8.36. The number of benzene rings is 1. The first-order valence-corrected chi connectivity index (χ1v) is 5.54. The molecule has 1 rings (SSSR count). The Labute approximate surface area is 105 Å². The van der Waals surface area contributed by atoms with Crippen LogP contribution in [-0.4, -0.2) is 24.6 Å². The first kappa shape index (κ1) is 14.2. The summed E-state index contributed by atoms with van der Waals surface area (Å²) < 4.78 is 27.7. The van der Waals surface area contributed by atoms with Gasteiger partial charge in [-0.15, -0.1) is 0 Å². The van der Waals surface area contributed by atoms with Gasteiger partial charge in [0, 0.05) is 19.2 Å². The molecule has 1 aromatic carbocycles. The lowest BCUT2D eigenvalue weighted by molar-refractivity contribution is 0.318. The van der Waals surface area contributed by atoms with Crippen molar-refractivity contribution in [2.24, 2.45) is 16.8 Å². The Morgan fingerprint density at radius 2 is 1.89 bits per heavy atom. The van der Waals surface area contributed by atoms with Gasteiger partial charge in [-0.1, -0.05) is 19.0 Å². The zero-order valence-corrected chi connectivity index (χ0v) is 10.6. The summed E-state index contributed by atoms with van der Waals surface area (Å²) in [5.41, 5.74) is 5.19. The average molecular weight is 257 g/mol. The summed E-state index contributed by atoms with van der Waals surface area (Å²) in [4.78, 5) is 1.51. The van der Waals surface area contributed by atoms with Gasteiger partial charge in [-0.2, -0.15) is 0 Å². The van der Waals surface area contributed by atoms with Crippen molar-refractivity contribution in [3.63, 3.8) is 0 Å². The zero-order valence-electron chi connectivity index (χ0n) is 10.6. The maximum absolute atomic E-state index is 13.8. The Hall–Kier alpha value is -1.85. The maximum atomic E-state index is 13.8. The molecule has 4 nitrogen and oxygen atoms in total. The number of nitrogens with two attached hydrogens (primary N) is 1. The highest BCUT2D eigenvalue weighted by atomic mass is 19.1. The second-order valence-electron chi connectivity index (χ2n) is 4.55. The van der Waals surface area contributed by atoms with Gasteiger partial charge in [0.15, 0.2) is 5.84 Å². The minimum Gasteiger partial charge on any atom is -0.409 e. The molecule has 0 radical (unpaired) electrons. The van der Waals surface area contributed by atoms with Crippen LogP contribution in [0.4, 0.5) is 14.5 Å². The van der Waals surface area contributed by atoms with Crippen molar-refractivity contribution in [2.45, 2.75) is 13.8 Å². The summed E-state index contributed by atoms with van der Waals surface area (Å²) in [5.74, 6) is -1.53. The molecule has 0 saturated heterocycles. The van der Waals surface area contributed by atoms with Gasteiger partial charge in [-0.25, -0.2) is 8.78 Å². The van der Waals surface area contributed by atoms with Crippen molar-refractivity contribution in [1.82, 2.24) is 0 Å². The summed E-state index contributed by atoms with van der Waals surface area (Å²) in [5, 5.41) is 11.2. The van der Waals surface area contributed by atoms with Gasteiger partial charge in [0.2, 0.25) is 0 Å². The van der Waals surface area contributed by atoms with Crippen LogP contribution in [0.15, 0.2) is 17.3 Å². The van der Waals surface area contributed by atoms with E-state index in [1.807, 2.05) is 13.8 Å². The molecule has 0 aromatic heterocycles. The van der Waals surface area contributed by atoms with Crippen molar-refractivity contribution in [2.75, 3.05) is 18.5 Å². The molecule has 1 aromatic rings. The second-order valence-corrected chi connectivity index (χ2v) is 4.55. The lowest BCUT2D eigenvalue weighted by Gasteiger charge is -2.22. The van der Waals surface area contributed by atoms with E-state index in [0.717, 1.165) is 12.1 Å². The number of anilines is 1. The maximum Gasteiger partial charge on any atom is 0.170 e. The van der Waals surface area contributed by atoms with Gasteiger partial charge >= 0.3 is 0 Å². The van der Waals surface area contributed by atoms with Crippen LogP contribution in [0.1, 0.15) is 19.4 Å². The molecule has 100 valence electrons. The fourth-order valence-electron chi connectivity index (χ4n) is 1.77. The smallest absolute Gasteiger partial charge is 0.170 e. The van der Waals surface area contributed by atoms with E-state index in [1.165, 1.54) is 4.90 Å². The van der Waals surface area contributed by atoms with E-state index in [4.69, 9.17) is 10.9 Å². The summed E-state index contributed by atoms with van der Waals surface area (Å²) in [7, 11) is 1.62. The fourth-order valence-corrected chi connectivity index (χ4v) is 1.77. The van der Waals surface area contributed by atoms with E-state index < -0.39 is 11.6 Å². The third-order valence-corrected chi connectivity index (χ3v) is 2.44. The van der Waals surface area contributed by atoms with Crippen LogP contribution >= 0.6 is 0 Å². The number of hydrogen-bond acceptors (Lipinski definition) is 3. The SMILES string of the molecule is CC(C)CN(C)c1c(F)cc(C(N)=NO)cc1F. The van der Waals surface area contributed by atoms with Crippen LogP contribution in [0.3, 0.4) is 0 Å². The summed E-state index contributed by atoms with van der Waals surface area (Å²) in [6.07, 6.45) is 0. The topological polar surface area (TPSA) is 61.8 Å². The zero-order chi connectivity index (χ0) is 13.9. The van der Waals surface area contributed by atoms with Crippen molar-refractivity contribution < 1.29 is 14.0 Å². The monoisotopic (exact) mass is 257 g/mol. The number of oxime groups is 1. The Kier molecular flexibility index (Phi) is 4.47. The van der Waals surface area contributed by atoms with E-state index in [1.54, 1.807) is 7.05 Å². The van der Waals surface area contributed by atoms with E-state index in [0.29, 0.717) is 6.54 Å². The molecule has 0 aliphatic rings. The van der Waals surface area contributed by atoms with Gasteiger partial charge in [-0.05, 0) is 18.1 Å². The number of rotatable bonds is 4. The van der Waals surface area contributed by atoms with Crippen LogP contribution in [0.25, 0.3) is 0 Å².